The van der Waals surface area contributed by atoms with E-state index in [2.05, 4.69) is 45.4 Å². The van der Waals surface area contributed by atoms with Gasteiger partial charge in [0.15, 0.2) is 0 Å². The average Bonchev–Trinajstić information content (AvgIpc) is 3.72. The van der Waals surface area contributed by atoms with Crippen LogP contribution in [0.25, 0.3) is 0 Å². The van der Waals surface area contributed by atoms with Crippen LogP contribution in [0.4, 0.5) is 15.8 Å². The molecule has 3 aromatic rings. The number of benzene rings is 3. The van der Waals surface area contributed by atoms with Gasteiger partial charge in [-0.05, 0) is 99.5 Å². The standard InChI is InChI=1S/C35H41FN4O2/c1-25-9-6-13-31(36)32(25)35(42)40-22-8-12-30(33(40)27-16-14-26(15-17-27)24-38-18-2-3-19-38)34(41)37-28-10-7-11-29(23-28)39-20-4-5-21-39/h6-7,9-11,13-17,23,30,33H,2-5,8,12,18-22,24H2,1H3,(H,37,41)/t30-,33-/m0/s1. The Bertz CT molecular complexity index is 1390. The van der Waals surface area contributed by atoms with Crippen molar-refractivity contribution in [1.82, 2.24) is 9.80 Å². The van der Waals surface area contributed by atoms with E-state index < -0.39 is 17.8 Å². The summed E-state index contributed by atoms with van der Waals surface area (Å²) in [4.78, 5) is 34.5. The fourth-order valence-corrected chi connectivity index (χ4v) is 6.97. The molecule has 2 amide bonds. The minimum atomic E-state index is -0.523. The lowest BCUT2D eigenvalue weighted by Crippen LogP contribution is -2.46. The Labute approximate surface area is 248 Å². The smallest absolute Gasteiger partial charge is 0.257 e. The molecule has 42 heavy (non-hydrogen) atoms. The number of carbonyl (C=O) groups excluding carboxylic acids is 2. The van der Waals surface area contributed by atoms with E-state index in [9.17, 15) is 9.59 Å². The Morgan fingerprint density at radius 2 is 1.57 bits per heavy atom. The Balaban J connectivity index is 1.29. The predicted octanol–water partition coefficient (Wildman–Crippen LogP) is 6.56. The molecule has 3 fully saturated rings. The van der Waals surface area contributed by atoms with Crippen molar-refractivity contribution in [3.05, 3.63) is 94.8 Å². The summed E-state index contributed by atoms with van der Waals surface area (Å²) in [6.07, 6.45) is 6.17. The van der Waals surface area contributed by atoms with Crippen molar-refractivity contribution in [2.24, 2.45) is 5.92 Å². The number of piperidine rings is 1. The number of hydrogen-bond acceptors (Lipinski definition) is 4. The van der Waals surface area contributed by atoms with Crippen molar-refractivity contribution in [2.75, 3.05) is 42.9 Å². The van der Waals surface area contributed by atoms with Crippen molar-refractivity contribution >= 4 is 23.2 Å². The number of nitrogens with one attached hydrogen (secondary N) is 1. The summed E-state index contributed by atoms with van der Waals surface area (Å²) in [6, 6.07) is 20.6. The summed E-state index contributed by atoms with van der Waals surface area (Å²) in [5.74, 6) is -1.45. The summed E-state index contributed by atoms with van der Waals surface area (Å²) in [6.45, 7) is 7.44. The van der Waals surface area contributed by atoms with Gasteiger partial charge in [-0.15, -0.1) is 0 Å². The molecule has 3 aromatic carbocycles. The van der Waals surface area contributed by atoms with E-state index in [1.54, 1.807) is 24.0 Å². The van der Waals surface area contributed by atoms with Crippen LogP contribution in [0.2, 0.25) is 0 Å². The van der Waals surface area contributed by atoms with E-state index in [0.29, 0.717) is 24.9 Å². The number of halogens is 1. The second kappa shape index (κ2) is 12.7. The zero-order valence-electron chi connectivity index (χ0n) is 24.5. The Morgan fingerprint density at radius 1 is 0.857 bits per heavy atom. The topological polar surface area (TPSA) is 55.9 Å². The lowest BCUT2D eigenvalue weighted by atomic mass is 9.83. The van der Waals surface area contributed by atoms with E-state index >= 15 is 4.39 Å². The lowest BCUT2D eigenvalue weighted by molar-refractivity contribution is -0.123. The zero-order valence-corrected chi connectivity index (χ0v) is 24.5. The number of hydrogen-bond donors (Lipinski definition) is 1. The molecular weight excluding hydrogens is 527 g/mol. The number of nitrogens with zero attached hydrogens (tertiary/aromatic N) is 3. The highest BCUT2D eigenvalue weighted by atomic mass is 19.1. The van der Waals surface area contributed by atoms with Crippen LogP contribution >= 0.6 is 0 Å². The fraction of sp³-hybridized carbons (Fsp3) is 0.429. The maximum absolute atomic E-state index is 15.0. The number of rotatable bonds is 7. The lowest BCUT2D eigenvalue weighted by Gasteiger charge is -2.41. The molecule has 220 valence electrons. The molecule has 1 N–H and O–H groups in total. The third-order valence-electron chi connectivity index (χ3n) is 9.18. The number of aryl methyl sites for hydroxylation is 1. The molecule has 0 aliphatic carbocycles. The number of anilines is 2. The van der Waals surface area contributed by atoms with Gasteiger partial charge in [-0.1, -0.05) is 42.5 Å². The number of likely N-dealkylation sites (tertiary alicyclic amines) is 2. The Morgan fingerprint density at radius 3 is 2.31 bits per heavy atom. The van der Waals surface area contributed by atoms with Gasteiger partial charge in [0.1, 0.15) is 5.82 Å². The van der Waals surface area contributed by atoms with Crippen molar-refractivity contribution in [3.8, 4) is 0 Å². The van der Waals surface area contributed by atoms with Crippen molar-refractivity contribution in [1.29, 1.82) is 0 Å². The molecular formula is C35H41FN4O2. The first-order valence-corrected chi connectivity index (χ1v) is 15.5. The van der Waals surface area contributed by atoms with Crippen LogP contribution in [0.15, 0.2) is 66.7 Å². The van der Waals surface area contributed by atoms with Gasteiger partial charge in [0.2, 0.25) is 5.91 Å². The van der Waals surface area contributed by atoms with Crippen LogP contribution < -0.4 is 10.2 Å². The second-order valence-electron chi connectivity index (χ2n) is 12.1. The largest absolute Gasteiger partial charge is 0.371 e. The third kappa shape index (κ3) is 6.07. The van der Waals surface area contributed by atoms with Crippen LogP contribution in [-0.4, -0.2) is 54.3 Å². The monoisotopic (exact) mass is 568 g/mol. The summed E-state index contributed by atoms with van der Waals surface area (Å²) >= 11 is 0. The molecule has 0 bridgehead atoms. The van der Waals surface area contributed by atoms with Gasteiger partial charge in [0.05, 0.1) is 17.5 Å². The SMILES string of the molecule is Cc1cccc(F)c1C(=O)N1CCC[C@H](C(=O)Nc2cccc(N3CCCC3)c2)[C@@H]1c1ccc(CN2CCCC2)cc1. The first-order valence-electron chi connectivity index (χ1n) is 15.5. The maximum Gasteiger partial charge on any atom is 0.257 e. The third-order valence-corrected chi connectivity index (χ3v) is 9.18. The average molecular weight is 569 g/mol. The summed E-state index contributed by atoms with van der Waals surface area (Å²) in [5, 5.41) is 3.17. The summed E-state index contributed by atoms with van der Waals surface area (Å²) < 4.78 is 15.0. The van der Waals surface area contributed by atoms with Crippen molar-refractivity contribution in [3.63, 3.8) is 0 Å². The van der Waals surface area contributed by atoms with E-state index in [-0.39, 0.29) is 17.4 Å². The molecule has 6 rings (SSSR count). The molecule has 3 saturated heterocycles. The first-order chi connectivity index (χ1) is 20.5. The van der Waals surface area contributed by atoms with Crippen LogP contribution in [-0.2, 0) is 11.3 Å². The molecule has 6 nitrogen and oxygen atoms in total. The number of carbonyl (C=O) groups is 2. The fourth-order valence-electron chi connectivity index (χ4n) is 6.97. The highest BCUT2D eigenvalue weighted by Crippen LogP contribution is 2.39. The number of amides is 2. The van der Waals surface area contributed by atoms with E-state index in [4.69, 9.17) is 0 Å². The van der Waals surface area contributed by atoms with E-state index in [1.165, 1.54) is 37.3 Å². The van der Waals surface area contributed by atoms with Crippen molar-refractivity contribution < 1.29 is 14.0 Å². The van der Waals surface area contributed by atoms with Gasteiger partial charge in [0.25, 0.3) is 5.91 Å². The first kappa shape index (κ1) is 28.4. The highest BCUT2D eigenvalue weighted by molar-refractivity contribution is 5.98. The second-order valence-corrected chi connectivity index (χ2v) is 12.1. The molecule has 3 aliphatic rings. The molecule has 0 saturated carbocycles. The summed E-state index contributed by atoms with van der Waals surface area (Å²) in [7, 11) is 0. The molecule has 3 aliphatic heterocycles. The van der Waals surface area contributed by atoms with Gasteiger partial charge in [0, 0.05) is 37.6 Å². The van der Waals surface area contributed by atoms with Crippen LogP contribution in [0, 0.1) is 18.7 Å². The van der Waals surface area contributed by atoms with E-state index in [0.717, 1.165) is 49.7 Å². The van der Waals surface area contributed by atoms with Gasteiger partial charge < -0.3 is 15.1 Å². The molecule has 7 heteroatoms. The molecule has 2 atom stereocenters. The molecule has 0 aromatic heterocycles. The molecule has 0 unspecified atom stereocenters. The maximum atomic E-state index is 15.0. The summed E-state index contributed by atoms with van der Waals surface area (Å²) in [5.41, 5.74) is 4.70. The minimum absolute atomic E-state index is 0.0903. The van der Waals surface area contributed by atoms with E-state index in [1.807, 2.05) is 18.2 Å². The van der Waals surface area contributed by atoms with Crippen molar-refractivity contribution in [2.45, 2.75) is 58.0 Å². The van der Waals surface area contributed by atoms with Crippen LogP contribution in [0.5, 0.6) is 0 Å². The predicted molar refractivity (Wildman–Crippen MR) is 165 cm³/mol. The molecule has 3 heterocycles. The van der Waals surface area contributed by atoms with Gasteiger partial charge in [-0.2, -0.15) is 0 Å². The molecule has 0 radical (unpaired) electrons. The van der Waals surface area contributed by atoms with Crippen LogP contribution in [0.3, 0.4) is 0 Å². The van der Waals surface area contributed by atoms with Crippen LogP contribution in [0.1, 0.15) is 71.6 Å². The normalized spacial score (nSPS) is 21.1. The van der Waals surface area contributed by atoms with Gasteiger partial charge in [-0.25, -0.2) is 4.39 Å². The Kier molecular flexibility index (Phi) is 8.56. The highest BCUT2D eigenvalue weighted by Gasteiger charge is 2.40. The van der Waals surface area contributed by atoms with Gasteiger partial charge in [-0.3, -0.25) is 14.5 Å². The quantitative estimate of drug-likeness (QED) is 0.351. The Hall–Kier alpha value is -3.71. The minimum Gasteiger partial charge on any atom is -0.371 e. The van der Waals surface area contributed by atoms with Gasteiger partial charge >= 0.3 is 0 Å². The zero-order chi connectivity index (χ0) is 29.1. The molecule has 0 spiro atoms.